The third kappa shape index (κ3) is 6.65. The lowest BCUT2D eigenvalue weighted by atomic mass is 10.00. The van der Waals surface area contributed by atoms with Gasteiger partial charge < -0.3 is 29.9 Å². The number of pyridine rings is 1. The molecule has 4 atom stereocenters. The Kier molecular flexibility index (Phi) is 9.03. The number of nitrogens with one attached hydrogen (secondary N) is 2. The highest BCUT2D eigenvalue weighted by molar-refractivity contribution is 9.10. The standard InChI is InChI=1S/C26H33BrN6O6/c1-15-11-31(12-16(2)39-15)26(35)22-6-18(27)7-23(33(36)37)24(22)30-20-8-21(38-4)14-32(13-20)25(34)17-5-19(28-3)10-29-9-17/h5-7,9-10,15-16,20-21,28,30H,8,11-14H2,1-4H3/t15-,16+,20-,21-/m1/s1. The number of carbonyl (C=O) groups excluding carboxylic acids is 2. The molecule has 13 heteroatoms. The molecule has 2 aliphatic heterocycles. The summed E-state index contributed by atoms with van der Waals surface area (Å²) in [7, 11) is 3.31. The van der Waals surface area contributed by atoms with Gasteiger partial charge in [0.1, 0.15) is 5.69 Å². The van der Waals surface area contributed by atoms with Crippen molar-refractivity contribution in [2.24, 2.45) is 0 Å². The molecule has 2 fully saturated rings. The van der Waals surface area contributed by atoms with Crippen LogP contribution < -0.4 is 10.6 Å². The molecule has 210 valence electrons. The van der Waals surface area contributed by atoms with E-state index in [1.54, 1.807) is 42.3 Å². The Labute approximate surface area is 235 Å². The van der Waals surface area contributed by atoms with Crippen molar-refractivity contribution in [3.63, 3.8) is 0 Å². The van der Waals surface area contributed by atoms with Gasteiger partial charge in [0.25, 0.3) is 17.5 Å². The van der Waals surface area contributed by atoms with Crippen molar-refractivity contribution in [1.29, 1.82) is 0 Å². The normalized spacial score (nSPS) is 23.3. The lowest BCUT2D eigenvalue weighted by Gasteiger charge is -2.38. The summed E-state index contributed by atoms with van der Waals surface area (Å²) in [6.45, 7) is 5.14. The van der Waals surface area contributed by atoms with Crippen molar-refractivity contribution >= 4 is 44.8 Å². The maximum Gasteiger partial charge on any atom is 0.294 e. The van der Waals surface area contributed by atoms with E-state index in [1.807, 2.05) is 13.8 Å². The lowest BCUT2D eigenvalue weighted by Crippen LogP contribution is -2.51. The number of piperidine rings is 1. The van der Waals surface area contributed by atoms with Crippen molar-refractivity contribution in [2.75, 3.05) is 51.0 Å². The van der Waals surface area contributed by atoms with Crippen LogP contribution >= 0.6 is 15.9 Å². The molecule has 2 amide bonds. The number of hydrogen-bond donors (Lipinski definition) is 2. The molecule has 39 heavy (non-hydrogen) atoms. The smallest absolute Gasteiger partial charge is 0.294 e. The first-order valence-corrected chi connectivity index (χ1v) is 13.5. The summed E-state index contributed by atoms with van der Waals surface area (Å²) in [4.78, 5) is 46.1. The van der Waals surface area contributed by atoms with Gasteiger partial charge in [-0.25, -0.2) is 0 Å². The number of rotatable bonds is 7. The van der Waals surface area contributed by atoms with Crippen molar-refractivity contribution < 1.29 is 24.0 Å². The molecule has 12 nitrogen and oxygen atoms in total. The second-order valence-corrected chi connectivity index (χ2v) is 10.8. The molecule has 2 N–H and O–H groups in total. The van der Waals surface area contributed by atoms with E-state index in [9.17, 15) is 19.7 Å². The second kappa shape index (κ2) is 12.3. The van der Waals surface area contributed by atoms with Crippen LogP contribution in [0.4, 0.5) is 17.1 Å². The fourth-order valence-corrected chi connectivity index (χ4v) is 5.59. The largest absolute Gasteiger partial charge is 0.387 e. The Morgan fingerprint density at radius 2 is 1.79 bits per heavy atom. The highest BCUT2D eigenvalue weighted by Gasteiger charge is 2.35. The van der Waals surface area contributed by atoms with Gasteiger partial charge in [-0.2, -0.15) is 0 Å². The predicted octanol–water partition coefficient (Wildman–Crippen LogP) is 3.39. The summed E-state index contributed by atoms with van der Waals surface area (Å²) in [5.74, 6) is -0.558. The van der Waals surface area contributed by atoms with Gasteiger partial charge >= 0.3 is 0 Å². The number of halogens is 1. The fourth-order valence-electron chi connectivity index (χ4n) is 5.15. The molecule has 2 aliphatic rings. The molecule has 2 aromatic rings. The molecule has 0 unspecified atom stereocenters. The van der Waals surface area contributed by atoms with Crippen LogP contribution in [0.3, 0.4) is 0 Å². The van der Waals surface area contributed by atoms with Crippen molar-refractivity contribution in [3.8, 4) is 0 Å². The maximum absolute atomic E-state index is 13.7. The van der Waals surface area contributed by atoms with Gasteiger partial charge in [-0.1, -0.05) is 15.9 Å². The number of hydrogen-bond acceptors (Lipinski definition) is 9. The zero-order valence-electron chi connectivity index (χ0n) is 22.3. The van der Waals surface area contributed by atoms with E-state index in [-0.39, 0.29) is 53.6 Å². The first kappa shape index (κ1) is 28.7. The zero-order chi connectivity index (χ0) is 28.3. The lowest BCUT2D eigenvalue weighted by molar-refractivity contribution is -0.384. The number of likely N-dealkylation sites (tertiary alicyclic amines) is 1. The van der Waals surface area contributed by atoms with Gasteiger partial charge in [-0.15, -0.1) is 0 Å². The van der Waals surface area contributed by atoms with Crippen molar-refractivity contribution in [2.45, 2.75) is 44.6 Å². The molecule has 1 aromatic heterocycles. The van der Waals surface area contributed by atoms with E-state index >= 15 is 0 Å². The summed E-state index contributed by atoms with van der Waals surface area (Å²) in [6.07, 6.45) is 2.98. The number of amides is 2. The van der Waals surface area contributed by atoms with Crippen LogP contribution in [0.25, 0.3) is 0 Å². The third-order valence-corrected chi connectivity index (χ3v) is 7.33. The number of nitro benzene ring substituents is 1. The number of carbonyl (C=O) groups is 2. The van der Waals surface area contributed by atoms with Crippen molar-refractivity contribution in [1.82, 2.24) is 14.8 Å². The number of aromatic nitrogens is 1. The second-order valence-electron chi connectivity index (χ2n) is 9.93. The number of nitro groups is 1. The van der Waals surface area contributed by atoms with Crippen LogP contribution in [0.5, 0.6) is 0 Å². The summed E-state index contributed by atoms with van der Waals surface area (Å²) in [6, 6.07) is 4.27. The Hall–Kier alpha value is -3.29. The molecule has 0 aliphatic carbocycles. The summed E-state index contributed by atoms with van der Waals surface area (Å²) in [5, 5.41) is 18.3. The highest BCUT2D eigenvalue weighted by Crippen LogP contribution is 2.35. The molecule has 1 aromatic carbocycles. The SMILES string of the molecule is CNc1cncc(C(=O)N2C[C@H](Nc3c(C(=O)N4C[C@@H](C)O[C@@H](C)C4)cc(Br)cc3[N+](=O)[O-])C[C@@H](OC)C2)c1. The summed E-state index contributed by atoms with van der Waals surface area (Å²) >= 11 is 3.33. The van der Waals surface area contributed by atoms with Gasteiger partial charge in [-0.05, 0) is 32.4 Å². The van der Waals surface area contributed by atoms with E-state index in [1.165, 1.54) is 12.3 Å². The first-order valence-electron chi connectivity index (χ1n) is 12.7. The summed E-state index contributed by atoms with van der Waals surface area (Å²) in [5.41, 5.74) is 1.19. The van der Waals surface area contributed by atoms with Crippen LogP contribution in [0.1, 0.15) is 41.0 Å². The number of benzene rings is 1. The Morgan fingerprint density at radius 3 is 2.44 bits per heavy atom. The highest BCUT2D eigenvalue weighted by atomic mass is 79.9. The Balaban J connectivity index is 1.65. The molecule has 4 rings (SSSR count). The molecule has 0 radical (unpaired) electrons. The van der Waals surface area contributed by atoms with E-state index in [0.29, 0.717) is 41.8 Å². The molecule has 2 saturated heterocycles. The van der Waals surface area contributed by atoms with E-state index in [4.69, 9.17) is 9.47 Å². The Bertz CT molecular complexity index is 1240. The maximum atomic E-state index is 13.7. The van der Waals surface area contributed by atoms with Crippen LogP contribution in [0, 0.1) is 10.1 Å². The molecule has 0 saturated carbocycles. The minimum atomic E-state index is -0.511. The average molecular weight is 605 g/mol. The molecule has 0 spiro atoms. The fraction of sp³-hybridized carbons (Fsp3) is 0.500. The van der Waals surface area contributed by atoms with E-state index in [2.05, 4.69) is 31.5 Å². The average Bonchev–Trinajstić information content (AvgIpc) is 2.92. The number of methoxy groups -OCH3 is 1. The molecular weight excluding hydrogens is 572 g/mol. The number of anilines is 2. The van der Waals surface area contributed by atoms with Crippen molar-refractivity contribution in [3.05, 3.63) is 56.3 Å². The zero-order valence-corrected chi connectivity index (χ0v) is 23.9. The van der Waals surface area contributed by atoms with Gasteiger partial charge in [0.2, 0.25) is 0 Å². The number of ether oxygens (including phenoxy) is 2. The van der Waals surface area contributed by atoms with Crippen LogP contribution in [-0.4, -0.2) is 96.2 Å². The number of morpholine rings is 1. The first-order chi connectivity index (χ1) is 18.6. The molecule has 3 heterocycles. The van der Waals surface area contributed by atoms with Gasteiger partial charge in [-0.3, -0.25) is 24.7 Å². The number of nitrogens with zero attached hydrogens (tertiary/aromatic N) is 4. The van der Waals surface area contributed by atoms with Crippen LogP contribution in [0.15, 0.2) is 35.1 Å². The van der Waals surface area contributed by atoms with Gasteiger partial charge in [0.15, 0.2) is 0 Å². The van der Waals surface area contributed by atoms with Crippen LogP contribution in [-0.2, 0) is 9.47 Å². The molecular formula is C26H33BrN6O6. The quantitative estimate of drug-likeness (QED) is 0.359. The van der Waals surface area contributed by atoms with E-state index < -0.39 is 11.0 Å². The third-order valence-electron chi connectivity index (χ3n) is 6.87. The van der Waals surface area contributed by atoms with Gasteiger partial charge in [0.05, 0.1) is 40.0 Å². The minimum Gasteiger partial charge on any atom is -0.387 e. The molecule has 0 bridgehead atoms. The van der Waals surface area contributed by atoms with Crippen LogP contribution in [0.2, 0.25) is 0 Å². The van der Waals surface area contributed by atoms with E-state index in [0.717, 1.165) is 0 Å². The minimum absolute atomic E-state index is 0.119. The summed E-state index contributed by atoms with van der Waals surface area (Å²) < 4.78 is 11.8. The topological polar surface area (TPSA) is 139 Å². The predicted molar refractivity (Wildman–Crippen MR) is 149 cm³/mol. The Morgan fingerprint density at radius 1 is 1.10 bits per heavy atom. The van der Waals surface area contributed by atoms with Gasteiger partial charge in [0, 0.05) is 69.3 Å². The monoisotopic (exact) mass is 604 g/mol.